The van der Waals surface area contributed by atoms with Gasteiger partial charge >= 0.3 is 11.8 Å². The van der Waals surface area contributed by atoms with Gasteiger partial charge in [-0.15, -0.1) is 0 Å². The molecule has 0 bridgehead atoms. The Kier molecular flexibility index (Phi) is 5.06. The normalized spacial score (nSPS) is 9.74. The van der Waals surface area contributed by atoms with E-state index in [4.69, 9.17) is 5.73 Å². The molecule has 1 aromatic rings. The van der Waals surface area contributed by atoms with E-state index in [0.717, 1.165) is 16.7 Å². The lowest BCUT2D eigenvalue weighted by Crippen LogP contribution is -2.39. The Morgan fingerprint density at radius 2 is 2.00 bits per heavy atom. The fourth-order valence-corrected chi connectivity index (χ4v) is 1.89. The zero-order valence-corrected chi connectivity index (χ0v) is 11.1. The van der Waals surface area contributed by atoms with Crippen molar-refractivity contribution >= 4 is 24.0 Å². The molecular weight excluding hydrogens is 240 g/mol. The van der Waals surface area contributed by atoms with Crippen molar-refractivity contribution in [3.63, 3.8) is 0 Å². The van der Waals surface area contributed by atoms with Gasteiger partial charge in [-0.2, -0.15) is 0 Å². The number of nitrogens with two attached hydrogens (primary N) is 1. The van der Waals surface area contributed by atoms with Gasteiger partial charge < -0.3 is 10.6 Å². The van der Waals surface area contributed by atoms with Crippen LogP contribution in [0.3, 0.4) is 0 Å². The Balaban J connectivity index is 3.10. The lowest BCUT2D eigenvalue weighted by molar-refractivity contribution is -0.144. The third-order valence-electron chi connectivity index (χ3n) is 2.90. The van der Waals surface area contributed by atoms with E-state index < -0.39 is 11.8 Å². The Labute approximate surface area is 113 Å². The second-order valence-electron chi connectivity index (χ2n) is 4.01. The summed E-state index contributed by atoms with van der Waals surface area (Å²) in [5.74, 6) is -1.62. The fourth-order valence-electron chi connectivity index (χ4n) is 1.89. The third-order valence-corrected chi connectivity index (χ3v) is 2.90. The van der Waals surface area contributed by atoms with Gasteiger partial charge in [0, 0.05) is 13.1 Å². The molecule has 0 aliphatic carbocycles. The van der Waals surface area contributed by atoms with Crippen LogP contribution in [-0.4, -0.2) is 23.3 Å². The van der Waals surface area contributed by atoms with Crippen molar-refractivity contribution in [3.05, 3.63) is 48.0 Å². The van der Waals surface area contributed by atoms with E-state index in [2.05, 4.69) is 13.2 Å². The summed E-state index contributed by atoms with van der Waals surface area (Å²) in [6.07, 6.45) is 3.45. The molecule has 0 aromatic heterocycles. The molecule has 0 radical (unpaired) electrons. The van der Waals surface area contributed by atoms with Crippen molar-refractivity contribution in [2.24, 2.45) is 5.73 Å². The number of carbonyl (C=O) groups is 2. The van der Waals surface area contributed by atoms with Crippen LogP contribution in [0.4, 0.5) is 0 Å². The number of primary amides is 1. The molecule has 19 heavy (non-hydrogen) atoms. The van der Waals surface area contributed by atoms with E-state index in [0.29, 0.717) is 13.1 Å². The number of nitrogens with zero attached hydrogens (tertiary/aromatic N) is 1. The van der Waals surface area contributed by atoms with Gasteiger partial charge in [-0.3, -0.25) is 9.59 Å². The van der Waals surface area contributed by atoms with Gasteiger partial charge in [-0.25, -0.2) is 0 Å². The second kappa shape index (κ2) is 6.54. The maximum atomic E-state index is 11.6. The molecule has 1 rings (SSSR count). The maximum Gasteiger partial charge on any atom is 0.311 e. The first-order valence-electron chi connectivity index (χ1n) is 6.00. The summed E-state index contributed by atoms with van der Waals surface area (Å²) in [5, 5.41) is 0. The molecule has 4 nitrogen and oxygen atoms in total. The number of amides is 2. The molecule has 0 unspecified atom stereocenters. The van der Waals surface area contributed by atoms with Crippen molar-refractivity contribution in [3.8, 4) is 0 Å². The van der Waals surface area contributed by atoms with Crippen molar-refractivity contribution in [1.82, 2.24) is 4.90 Å². The van der Waals surface area contributed by atoms with Crippen molar-refractivity contribution < 1.29 is 9.59 Å². The van der Waals surface area contributed by atoms with Crippen LogP contribution < -0.4 is 5.73 Å². The number of rotatable bonds is 5. The predicted molar refractivity (Wildman–Crippen MR) is 76.9 cm³/mol. The molecule has 0 atom stereocenters. The topological polar surface area (TPSA) is 63.4 Å². The maximum absolute atomic E-state index is 11.6. The van der Waals surface area contributed by atoms with E-state index in [1.165, 1.54) is 4.90 Å². The summed E-state index contributed by atoms with van der Waals surface area (Å²) in [7, 11) is 0. The monoisotopic (exact) mass is 258 g/mol. The second-order valence-corrected chi connectivity index (χ2v) is 4.01. The highest BCUT2D eigenvalue weighted by Crippen LogP contribution is 2.19. The molecule has 0 saturated carbocycles. The van der Waals surface area contributed by atoms with Gasteiger partial charge in [0.15, 0.2) is 0 Å². The summed E-state index contributed by atoms with van der Waals surface area (Å²) in [6.45, 7) is 10.0. The molecular formula is C15H18N2O2. The zero-order chi connectivity index (χ0) is 14.4. The smallest absolute Gasteiger partial charge is 0.311 e. The molecule has 2 N–H and O–H groups in total. The van der Waals surface area contributed by atoms with E-state index in [9.17, 15) is 9.59 Å². The Morgan fingerprint density at radius 3 is 2.47 bits per heavy atom. The molecule has 0 heterocycles. The van der Waals surface area contributed by atoms with Crippen LogP contribution in [0.15, 0.2) is 31.4 Å². The first-order chi connectivity index (χ1) is 9.04. The molecule has 0 saturated heterocycles. The summed E-state index contributed by atoms with van der Waals surface area (Å²) in [4.78, 5) is 24.0. The van der Waals surface area contributed by atoms with Crippen molar-refractivity contribution in [1.29, 1.82) is 0 Å². The Morgan fingerprint density at radius 1 is 1.32 bits per heavy atom. The zero-order valence-electron chi connectivity index (χ0n) is 11.1. The molecule has 1 aromatic carbocycles. The lowest BCUT2D eigenvalue weighted by atomic mass is 10.0. The summed E-state index contributed by atoms with van der Waals surface area (Å²) >= 11 is 0. The summed E-state index contributed by atoms with van der Waals surface area (Å²) in [5.41, 5.74) is 7.78. The first-order valence-corrected chi connectivity index (χ1v) is 6.00. The minimum Gasteiger partial charge on any atom is -0.361 e. The minimum absolute atomic E-state index is 0.321. The van der Waals surface area contributed by atoms with Gasteiger partial charge in [0.2, 0.25) is 0 Å². The molecule has 0 spiro atoms. The van der Waals surface area contributed by atoms with Crippen LogP contribution in [0.25, 0.3) is 12.2 Å². The Hall–Kier alpha value is -2.36. The standard InChI is InChI=1S/C15H18N2O2/c1-4-11-8-7-9-12(13(11)5-2)10-17(6-3)15(19)14(16)18/h4-5,7-9H,1-2,6,10H2,3H3,(H2,16,18). The highest BCUT2D eigenvalue weighted by atomic mass is 16.2. The SMILES string of the molecule is C=Cc1cccc(CN(CC)C(=O)C(N)=O)c1C=C. The molecule has 0 fully saturated rings. The van der Waals surface area contributed by atoms with E-state index in [-0.39, 0.29) is 0 Å². The number of carbonyl (C=O) groups excluding carboxylic acids is 2. The number of likely N-dealkylation sites (N-methyl/N-ethyl adjacent to an activating group) is 1. The third kappa shape index (κ3) is 3.31. The largest absolute Gasteiger partial charge is 0.361 e. The highest BCUT2D eigenvalue weighted by molar-refractivity contribution is 6.34. The lowest BCUT2D eigenvalue weighted by Gasteiger charge is -2.21. The minimum atomic E-state index is -0.943. The van der Waals surface area contributed by atoms with Crippen LogP contribution in [0, 0.1) is 0 Å². The van der Waals surface area contributed by atoms with E-state index in [1.807, 2.05) is 18.2 Å². The molecule has 4 heteroatoms. The van der Waals surface area contributed by atoms with Crippen LogP contribution in [-0.2, 0) is 16.1 Å². The average Bonchev–Trinajstić information content (AvgIpc) is 2.43. The van der Waals surface area contributed by atoms with Crippen molar-refractivity contribution in [2.75, 3.05) is 6.54 Å². The summed E-state index contributed by atoms with van der Waals surface area (Å²) < 4.78 is 0. The quantitative estimate of drug-likeness (QED) is 0.819. The highest BCUT2D eigenvalue weighted by Gasteiger charge is 2.18. The van der Waals surface area contributed by atoms with Gasteiger partial charge in [0.1, 0.15) is 0 Å². The summed E-state index contributed by atoms with van der Waals surface area (Å²) in [6, 6.07) is 5.68. The van der Waals surface area contributed by atoms with E-state index in [1.54, 1.807) is 19.1 Å². The van der Waals surface area contributed by atoms with Gasteiger partial charge in [-0.1, -0.05) is 43.5 Å². The fraction of sp³-hybridized carbons (Fsp3) is 0.200. The molecule has 2 amide bonds. The van der Waals surface area contributed by atoms with Crippen LogP contribution in [0.1, 0.15) is 23.6 Å². The number of benzene rings is 1. The van der Waals surface area contributed by atoms with Gasteiger partial charge in [0.25, 0.3) is 0 Å². The van der Waals surface area contributed by atoms with E-state index >= 15 is 0 Å². The molecule has 0 aliphatic heterocycles. The Bertz CT molecular complexity index is 521. The first kappa shape index (κ1) is 14.7. The number of hydrogen-bond donors (Lipinski definition) is 1. The van der Waals surface area contributed by atoms with Gasteiger partial charge in [-0.05, 0) is 23.6 Å². The predicted octanol–water partition coefficient (Wildman–Crippen LogP) is 1.81. The molecule has 100 valence electrons. The average molecular weight is 258 g/mol. The van der Waals surface area contributed by atoms with Crippen molar-refractivity contribution in [2.45, 2.75) is 13.5 Å². The van der Waals surface area contributed by atoms with Crippen LogP contribution >= 0.6 is 0 Å². The van der Waals surface area contributed by atoms with Crippen LogP contribution in [0.5, 0.6) is 0 Å². The van der Waals surface area contributed by atoms with Gasteiger partial charge in [0.05, 0.1) is 0 Å². The van der Waals surface area contributed by atoms with Crippen LogP contribution in [0.2, 0.25) is 0 Å². The molecule has 0 aliphatic rings. The number of hydrogen-bond acceptors (Lipinski definition) is 2.